The fraction of sp³-hybridized carbons (Fsp3) is 0.474. The first-order valence-electron chi connectivity index (χ1n) is 8.91. The van der Waals surface area contributed by atoms with Crippen molar-refractivity contribution in [3.05, 3.63) is 48.3 Å². The third-order valence-electron chi connectivity index (χ3n) is 4.91. The lowest BCUT2D eigenvalue weighted by Crippen LogP contribution is -2.60. The molecule has 0 unspecified atom stereocenters. The fourth-order valence-corrected chi connectivity index (χ4v) is 3.67. The molecule has 4 rings (SSSR count). The van der Waals surface area contributed by atoms with Gasteiger partial charge in [-0.05, 0) is 12.1 Å². The van der Waals surface area contributed by atoms with E-state index in [2.05, 4.69) is 10.00 Å². The zero-order valence-electron chi connectivity index (χ0n) is 15.0. The van der Waals surface area contributed by atoms with Crippen LogP contribution in [0.2, 0.25) is 0 Å². The molecule has 3 heterocycles. The molecule has 0 aliphatic carbocycles. The molecule has 1 aromatic heterocycles. The third kappa shape index (κ3) is 3.65. The number of morpholine rings is 1. The van der Waals surface area contributed by atoms with E-state index in [1.54, 1.807) is 0 Å². The lowest BCUT2D eigenvalue weighted by atomic mass is 10.0. The summed E-state index contributed by atoms with van der Waals surface area (Å²) in [4.78, 5) is 16.6. The molecule has 2 aromatic rings. The lowest BCUT2D eigenvalue weighted by Gasteiger charge is -2.43. The number of aryl methyl sites for hydroxylation is 1. The zero-order valence-corrected chi connectivity index (χ0v) is 15.0. The van der Waals surface area contributed by atoms with Crippen molar-refractivity contribution in [1.29, 1.82) is 0 Å². The van der Waals surface area contributed by atoms with Gasteiger partial charge in [-0.1, -0.05) is 18.2 Å². The van der Waals surface area contributed by atoms with Crippen LogP contribution in [0.4, 0.5) is 5.69 Å². The van der Waals surface area contributed by atoms with Crippen LogP contribution in [0.15, 0.2) is 42.7 Å². The van der Waals surface area contributed by atoms with Gasteiger partial charge in [0.25, 0.3) is 5.91 Å². The number of hydrogen-bond donors (Lipinski definition) is 0. The van der Waals surface area contributed by atoms with Crippen molar-refractivity contribution in [2.24, 2.45) is 7.05 Å². The van der Waals surface area contributed by atoms with Gasteiger partial charge in [0.1, 0.15) is 12.2 Å². The van der Waals surface area contributed by atoms with Crippen molar-refractivity contribution >= 4 is 11.6 Å². The number of benzene rings is 1. The molecule has 0 bridgehead atoms. The van der Waals surface area contributed by atoms with E-state index < -0.39 is 5.60 Å². The van der Waals surface area contributed by atoms with Crippen molar-refractivity contribution in [2.75, 3.05) is 44.4 Å². The van der Waals surface area contributed by atoms with Crippen molar-refractivity contribution < 1.29 is 14.3 Å². The monoisotopic (exact) mass is 356 g/mol. The van der Waals surface area contributed by atoms with Gasteiger partial charge in [-0.15, -0.1) is 0 Å². The summed E-state index contributed by atoms with van der Waals surface area (Å²) in [5, 5.41) is 4.25. The minimum Gasteiger partial charge on any atom is -0.377 e. The van der Waals surface area contributed by atoms with Crippen LogP contribution in [-0.4, -0.2) is 65.6 Å². The highest BCUT2D eigenvalue weighted by Gasteiger charge is 2.43. The molecule has 1 amide bonds. The van der Waals surface area contributed by atoms with Crippen molar-refractivity contribution in [1.82, 2.24) is 14.7 Å². The van der Waals surface area contributed by atoms with Gasteiger partial charge in [0.15, 0.2) is 0 Å². The fourth-order valence-electron chi connectivity index (χ4n) is 3.67. The van der Waals surface area contributed by atoms with Crippen LogP contribution in [0.1, 0.15) is 5.56 Å². The molecule has 1 spiro atoms. The molecule has 0 saturated carbocycles. The Balaban J connectivity index is 1.52. The van der Waals surface area contributed by atoms with Gasteiger partial charge in [-0.2, -0.15) is 5.10 Å². The minimum atomic E-state index is -0.511. The van der Waals surface area contributed by atoms with E-state index in [1.807, 2.05) is 59.4 Å². The van der Waals surface area contributed by atoms with Crippen molar-refractivity contribution in [3.63, 3.8) is 0 Å². The molecule has 138 valence electrons. The topological polar surface area (TPSA) is 59.8 Å². The molecule has 7 nitrogen and oxygen atoms in total. The Morgan fingerprint density at radius 1 is 1.23 bits per heavy atom. The van der Waals surface area contributed by atoms with Crippen LogP contribution in [-0.2, 0) is 27.9 Å². The molecule has 2 saturated heterocycles. The number of aromatic nitrogens is 2. The van der Waals surface area contributed by atoms with Crippen LogP contribution >= 0.6 is 0 Å². The molecule has 0 N–H and O–H groups in total. The first-order valence-corrected chi connectivity index (χ1v) is 8.91. The molecule has 2 aliphatic rings. The maximum absolute atomic E-state index is 12.4. The van der Waals surface area contributed by atoms with Crippen LogP contribution in [0.25, 0.3) is 0 Å². The molecule has 7 heteroatoms. The summed E-state index contributed by atoms with van der Waals surface area (Å²) < 4.78 is 13.7. The van der Waals surface area contributed by atoms with Crippen LogP contribution < -0.4 is 4.90 Å². The van der Waals surface area contributed by atoms with Crippen LogP contribution in [0, 0.1) is 0 Å². The number of rotatable bonds is 3. The SMILES string of the molecule is Cn1cc(CN2CCOC[C@]3(C2)CN(c2ccccc2)C(=O)CO3)cn1. The first-order chi connectivity index (χ1) is 12.6. The molecule has 2 aliphatic heterocycles. The molecular weight excluding hydrogens is 332 g/mol. The Morgan fingerprint density at radius 3 is 2.85 bits per heavy atom. The smallest absolute Gasteiger partial charge is 0.253 e. The minimum absolute atomic E-state index is 0.00937. The Labute approximate surface area is 153 Å². The van der Waals surface area contributed by atoms with Gasteiger partial charge in [0.2, 0.25) is 0 Å². The van der Waals surface area contributed by atoms with E-state index in [0.717, 1.165) is 30.9 Å². The number of amides is 1. The first kappa shape index (κ1) is 17.2. The Morgan fingerprint density at radius 2 is 2.08 bits per heavy atom. The van der Waals surface area contributed by atoms with E-state index in [1.165, 1.54) is 0 Å². The second kappa shape index (κ2) is 7.19. The summed E-state index contributed by atoms with van der Waals surface area (Å²) >= 11 is 0. The highest BCUT2D eigenvalue weighted by atomic mass is 16.6. The van der Waals surface area contributed by atoms with E-state index in [0.29, 0.717) is 19.8 Å². The summed E-state index contributed by atoms with van der Waals surface area (Å²) in [7, 11) is 1.92. The van der Waals surface area contributed by atoms with Gasteiger partial charge >= 0.3 is 0 Å². The second-order valence-corrected chi connectivity index (χ2v) is 7.07. The average Bonchev–Trinajstić information content (AvgIpc) is 2.95. The number of carbonyl (C=O) groups is 1. The summed E-state index contributed by atoms with van der Waals surface area (Å²) in [6.07, 6.45) is 3.92. The van der Waals surface area contributed by atoms with Crippen molar-refractivity contribution in [3.8, 4) is 0 Å². The average molecular weight is 356 g/mol. The van der Waals surface area contributed by atoms with Gasteiger partial charge in [-0.25, -0.2) is 0 Å². The molecule has 1 atom stereocenters. The molecule has 2 fully saturated rings. The quantitative estimate of drug-likeness (QED) is 0.823. The van der Waals surface area contributed by atoms with Crippen molar-refractivity contribution in [2.45, 2.75) is 12.1 Å². The number of nitrogens with zero attached hydrogens (tertiary/aromatic N) is 4. The predicted octanol–water partition coefficient (Wildman–Crippen LogP) is 1.05. The summed E-state index contributed by atoms with van der Waals surface area (Å²) in [5.74, 6) is -0.00937. The van der Waals surface area contributed by atoms with Gasteiger partial charge in [0, 0.05) is 44.1 Å². The summed E-state index contributed by atoms with van der Waals surface area (Å²) in [6, 6.07) is 9.77. The highest BCUT2D eigenvalue weighted by molar-refractivity contribution is 5.95. The maximum Gasteiger partial charge on any atom is 0.253 e. The number of anilines is 1. The molecular formula is C19H24N4O3. The Hall–Kier alpha value is -2.22. The second-order valence-electron chi connectivity index (χ2n) is 7.07. The highest BCUT2D eigenvalue weighted by Crippen LogP contribution is 2.27. The van der Waals surface area contributed by atoms with E-state index in [4.69, 9.17) is 9.47 Å². The molecule has 0 radical (unpaired) electrons. The van der Waals surface area contributed by atoms with E-state index in [9.17, 15) is 4.79 Å². The molecule has 1 aromatic carbocycles. The van der Waals surface area contributed by atoms with E-state index in [-0.39, 0.29) is 12.5 Å². The van der Waals surface area contributed by atoms with Gasteiger partial charge in [0.05, 0.1) is 26.0 Å². The van der Waals surface area contributed by atoms with Gasteiger partial charge in [-0.3, -0.25) is 14.4 Å². The number of carbonyl (C=O) groups excluding carboxylic acids is 1. The predicted molar refractivity (Wildman–Crippen MR) is 96.8 cm³/mol. The maximum atomic E-state index is 12.4. The Kier molecular flexibility index (Phi) is 4.76. The van der Waals surface area contributed by atoms with E-state index >= 15 is 0 Å². The Bertz CT molecular complexity index is 763. The number of hydrogen-bond acceptors (Lipinski definition) is 5. The standard InChI is InChI=1S/C19H24N4O3/c1-21-10-16(9-20-21)11-22-7-8-25-15-19(13-22)14-23(18(24)12-26-19)17-5-3-2-4-6-17/h2-6,9-10H,7-8,11-15H2,1H3/t19-/m0/s1. The third-order valence-corrected chi connectivity index (χ3v) is 4.91. The lowest BCUT2D eigenvalue weighted by molar-refractivity contribution is -0.146. The number of para-hydroxylation sites is 1. The largest absolute Gasteiger partial charge is 0.377 e. The summed E-state index contributed by atoms with van der Waals surface area (Å²) in [6.45, 7) is 4.08. The van der Waals surface area contributed by atoms with Crippen LogP contribution in [0.3, 0.4) is 0 Å². The zero-order chi connectivity index (χ0) is 18.0. The molecule has 26 heavy (non-hydrogen) atoms. The number of ether oxygens (including phenoxy) is 2. The normalized spacial score (nSPS) is 24.8. The summed E-state index contributed by atoms with van der Waals surface area (Å²) in [5.41, 5.74) is 1.56. The van der Waals surface area contributed by atoms with Crippen LogP contribution in [0.5, 0.6) is 0 Å². The van der Waals surface area contributed by atoms with Gasteiger partial charge < -0.3 is 14.4 Å².